The molecule has 6 heteroatoms. The molecule has 3 aliphatic rings. The smallest absolute Gasteiger partial charge is 0.232 e. The monoisotopic (exact) mass is 315 g/mol. The third-order valence-corrected chi connectivity index (χ3v) is 5.52. The van der Waals surface area contributed by atoms with Gasteiger partial charge in [0.15, 0.2) is 0 Å². The van der Waals surface area contributed by atoms with Crippen LogP contribution in [0.15, 0.2) is 6.20 Å². The van der Waals surface area contributed by atoms with E-state index in [1.54, 1.807) is 11.9 Å². The van der Waals surface area contributed by atoms with E-state index in [9.17, 15) is 4.79 Å². The zero-order valence-electron chi connectivity index (χ0n) is 13.9. The largest absolute Gasteiger partial charge is 0.341 e. The number of likely N-dealkylation sites (tertiary alicyclic amines) is 1. The van der Waals surface area contributed by atoms with E-state index in [0.29, 0.717) is 6.42 Å². The SMILES string of the molecule is CN1C(=O)Cc2cnc(N3CCC(N4CCCCC4)CC3)nc21. The first-order valence-electron chi connectivity index (χ1n) is 8.84. The molecule has 0 unspecified atom stereocenters. The Morgan fingerprint density at radius 2 is 1.83 bits per heavy atom. The molecule has 0 aliphatic carbocycles. The van der Waals surface area contributed by atoms with Crippen molar-refractivity contribution in [3.8, 4) is 0 Å². The minimum atomic E-state index is 0.107. The number of rotatable bonds is 2. The molecule has 4 rings (SSSR count). The van der Waals surface area contributed by atoms with Crippen molar-refractivity contribution < 1.29 is 4.79 Å². The van der Waals surface area contributed by atoms with E-state index in [0.717, 1.165) is 36.5 Å². The summed E-state index contributed by atoms with van der Waals surface area (Å²) in [4.78, 5) is 27.5. The van der Waals surface area contributed by atoms with Gasteiger partial charge in [-0.1, -0.05) is 6.42 Å². The molecule has 0 spiro atoms. The van der Waals surface area contributed by atoms with Crippen LogP contribution in [0.4, 0.5) is 11.8 Å². The number of hydrogen-bond donors (Lipinski definition) is 0. The average molecular weight is 315 g/mol. The van der Waals surface area contributed by atoms with Crippen LogP contribution >= 0.6 is 0 Å². The molecule has 2 saturated heterocycles. The lowest BCUT2D eigenvalue weighted by atomic mass is 10.0. The normalized spacial score (nSPS) is 23.4. The summed E-state index contributed by atoms with van der Waals surface area (Å²) in [5, 5.41) is 0. The molecule has 23 heavy (non-hydrogen) atoms. The fraction of sp³-hybridized carbons (Fsp3) is 0.706. The molecule has 124 valence electrons. The second-order valence-corrected chi connectivity index (χ2v) is 6.96. The molecule has 0 saturated carbocycles. The number of amides is 1. The van der Waals surface area contributed by atoms with Crippen molar-refractivity contribution in [1.29, 1.82) is 0 Å². The Morgan fingerprint density at radius 3 is 2.57 bits per heavy atom. The maximum atomic E-state index is 11.8. The first-order valence-corrected chi connectivity index (χ1v) is 8.84. The lowest BCUT2D eigenvalue weighted by Crippen LogP contribution is -2.47. The molecule has 1 aromatic rings. The summed E-state index contributed by atoms with van der Waals surface area (Å²) in [5.41, 5.74) is 0.949. The lowest BCUT2D eigenvalue weighted by Gasteiger charge is -2.40. The Labute approximate surface area is 137 Å². The van der Waals surface area contributed by atoms with Crippen LogP contribution in [0.2, 0.25) is 0 Å². The van der Waals surface area contributed by atoms with Crippen molar-refractivity contribution >= 4 is 17.7 Å². The molecule has 2 fully saturated rings. The van der Waals surface area contributed by atoms with Gasteiger partial charge in [0.05, 0.1) is 6.42 Å². The predicted molar refractivity (Wildman–Crippen MR) is 89.8 cm³/mol. The van der Waals surface area contributed by atoms with E-state index < -0.39 is 0 Å². The first-order chi connectivity index (χ1) is 11.2. The van der Waals surface area contributed by atoms with Crippen molar-refractivity contribution in [3.63, 3.8) is 0 Å². The van der Waals surface area contributed by atoms with Crippen LogP contribution in [0.25, 0.3) is 0 Å². The Bertz CT molecular complexity index is 591. The fourth-order valence-corrected chi connectivity index (χ4v) is 4.07. The number of nitrogens with zero attached hydrogens (tertiary/aromatic N) is 5. The number of fused-ring (bicyclic) bond motifs is 1. The maximum Gasteiger partial charge on any atom is 0.232 e. The number of anilines is 2. The van der Waals surface area contributed by atoms with Gasteiger partial charge in [-0.2, -0.15) is 4.98 Å². The van der Waals surface area contributed by atoms with Crippen molar-refractivity contribution in [3.05, 3.63) is 11.8 Å². The predicted octanol–water partition coefficient (Wildman–Crippen LogP) is 1.45. The van der Waals surface area contributed by atoms with Crippen LogP contribution in [0.5, 0.6) is 0 Å². The van der Waals surface area contributed by atoms with Crippen LogP contribution in [0.3, 0.4) is 0 Å². The molecular formula is C17H25N5O. The minimum Gasteiger partial charge on any atom is -0.341 e. The van der Waals surface area contributed by atoms with Gasteiger partial charge in [-0.3, -0.25) is 9.69 Å². The zero-order valence-corrected chi connectivity index (χ0v) is 13.9. The number of piperidine rings is 2. The molecule has 4 heterocycles. The molecule has 0 N–H and O–H groups in total. The van der Waals surface area contributed by atoms with Gasteiger partial charge in [-0.15, -0.1) is 0 Å². The summed E-state index contributed by atoms with van der Waals surface area (Å²) < 4.78 is 0. The van der Waals surface area contributed by atoms with E-state index >= 15 is 0 Å². The van der Waals surface area contributed by atoms with Crippen LogP contribution in [0, 0.1) is 0 Å². The minimum absolute atomic E-state index is 0.107. The van der Waals surface area contributed by atoms with Gasteiger partial charge >= 0.3 is 0 Å². The number of hydrogen-bond acceptors (Lipinski definition) is 5. The van der Waals surface area contributed by atoms with Crippen LogP contribution in [-0.4, -0.2) is 60.0 Å². The Morgan fingerprint density at radius 1 is 1.09 bits per heavy atom. The second-order valence-electron chi connectivity index (χ2n) is 6.96. The average Bonchev–Trinajstić information content (AvgIpc) is 2.90. The van der Waals surface area contributed by atoms with Crippen molar-refractivity contribution in [2.45, 2.75) is 44.6 Å². The van der Waals surface area contributed by atoms with Crippen molar-refractivity contribution in [2.75, 3.05) is 43.0 Å². The molecule has 6 nitrogen and oxygen atoms in total. The van der Waals surface area contributed by atoms with Gasteiger partial charge in [0.2, 0.25) is 11.9 Å². The van der Waals surface area contributed by atoms with Gasteiger partial charge in [-0.05, 0) is 38.8 Å². The molecular weight excluding hydrogens is 290 g/mol. The maximum absolute atomic E-state index is 11.8. The Hall–Kier alpha value is -1.69. The van der Waals surface area contributed by atoms with E-state index in [1.165, 1.54) is 45.2 Å². The lowest BCUT2D eigenvalue weighted by molar-refractivity contribution is -0.117. The summed E-state index contributed by atoms with van der Waals surface area (Å²) in [6, 6.07) is 0.727. The summed E-state index contributed by atoms with van der Waals surface area (Å²) in [5.74, 6) is 1.68. The molecule has 0 radical (unpaired) electrons. The van der Waals surface area contributed by atoms with Gasteiger partial charge in [0.1, 0.15) is 5.82 Å². The second kappa shape index (κ2) is 6.07. The van der Waals surface area contributed by atoms with Crippen LogP contribution in [0.1, 0.15) is 37.7 Å². The standard InChI is InChI=1S/C17H25N5O/c1-20-15(23)11-13-12-18-17(19-16(13)20)22-9-5-14(6-10-22)21-7-3-2-4-8-21/h12,14H,2-11H2,1H3. The van der Waals surface area contributed by atoms with E-state index in [-0.39, 0.29) is 5.91 Å². The number of carbonyl (C=O) groups excluding carboxylic acids is 1. The third-order valence-electron chi connectivity index (χ3n) is 5.52. The van der Waals surface area contributed by atoms with Crippen molar-refractivity contribution in [2.24, 2.45) is 0 Å². The molecule has 0 atom stereocenters. The van der Waals surface area contributed by atoms with Gasteiger partial charge in [-0.25, -0.2) is 4.98 Å². The molecule has 0 aromatic carbocycles. The Balaban J connectivity index is 1.42. The van der Waals surface area contributed by atoms with E-state index in [1.807, 2.05) is 6.20 Å². The van der Waals surface area contributed by atoms with Gasteiger partial charge in [0, 0.05) is 37.9 Å². The molecule has 1 amide bonds. The molecule has 3 aliphatic heterocycles. The van der Waals surface area contributed by atoms with E-state index in [2.05, 4.69) is 19.8 Å². The fourth-order valence-electron chi connectivity index (χ4n) is 4.07. The zero-order chi connectivity index (χ0) is 15.8. The summed E-state index contributed by atoms with van der Waals surface area (Å²) in [7, 11) is 1.80. The molecule has 1 aromatic heterocycles. The summed E-state index contributed by atoms with van der Waals surface area (Å²) in [6.45, 7) is 4.56. The number of carbonyl (C=O) groups is 1. The third kappa shape index (κ3) is 2.80. The highest BCUT2D eigenvalue weighted by Gasteiger charge is 2.29. The quantitative estimate of drug-likeness (QED) is 0.827. The molecule has 0 bridgehead atoms. The van der Waals surface area contributed by atoms with Crippen LogP contribution < -0.4 is 9.80 Å². The highest BCUT2D eigenvalue weighted by Crippen LogP contribution is 2.28. The summed E-state index contributed by atoms with van der Waals surface area (Å²) in [6.07, 6.45) is 8.75. The summed E-state index contributed by atoms with van der Waals surface area (Å²) >= 11 is 0. The number of likely N-dealkylation sites (N-methyl/N-ethyl adjacent to an activating group) is 1. The van der Waals surface area contributed by atoms with Crippen molar-refractivity contribution in [1.82, 2.24) is 14.9 Å². The highest BCUT2D eigenvalue weighted by atomic mass is 16.2. The van der Waals surface area contributed by atoms with E-state index in [4.69, 9.17) is 0 Å². The van der Waals surface area contributed by atoms with Gasteiger partial charge in [0.25, 0.3) is 0 Å². The number of aromatic nitrogens is 2. The van der Waals surface area contributed by atoms with Gasteiger partial charge < -0.3 is 9.80 Å². The first kappa shape index (κ1) is 14.9. The highest BCUT2D eigenvalue weighted by molar-refractivity contribution is 5.99. The topological polar surface area (TPSA) is 52.6 Å². The Kier molecular flexibility index (Phi) is 3.93. The van der Waals surface area contributed by atoms with Crippen LogP contribution in [-0.2, 0) is 11.2 Å².